The molecule has 4 rings (SSSR count). The maximum Gasteiger partial charge on any atom is 0.329 e. The van der Waals surface area contributed by atoms with E-state index >= 15 is 0 Å². The van der Waals surface area contributed by atoms with Crippen molar-refractivity contribution < 1.29 is 4.74 Å². The third kappa shape index (κ3) is 3.84. The van der Waals surface area contributed by atoms with Gasteiger partial charge in [-0.05, 0) is 29.7 Å². The Morgan fingerprint density at radius 3 is 2.47 bits per heavy atom. The van der Waals surface area contributed by atoms with Crippen LogP contribution in [0.5, 0.6) is 5.75 Å². The maximum absolute atomic E-state index is 12.6. The average Bonchev–Trinajstić information content (AvgIpc) is 3.15. The van der Waals surface area contributed by atoms with E-state index in [-0.39, 0.29) is 0 Å². The van der Waals surface area contributed by atoms with Crippen LogP contribution in [0.4, 0.5) is 5.95 Å². The fourth-order valence-corrected chi connectivity index (χ4v) is 3.40. The molecule has 0 aliphatic rings. The molecule has 0 radical (unpaired) electrons. The number of aryl methyl sites for hydroxylation is 3. The molecular formula is C22H23N5O3. The summed E-state index contributed by atoms with van der Waals surface area (Å²) in [5.74, 6) is 1.34. The number of fused-ring (bicyclic) bond motifs is 1. The average molecular weight is 405 g/mol. The van der Waals surface area contributed by atoms with Gasteiger partial charge in [0.05, 0.1) is 7.11 Å². The number of anilines is 1. The van der Waals surface area contributed by atoms with Crippen LogP contribution in [0.3, 0.4) is 0 Å². The molecule has 4 aromatic rings. The summed E-state index contributed by atoms with van der Waals surface area (Å²) in [7, 11) is 3.23. The molecule has 0 fully saturated rings. The second kappa shape index (κ2) is 8.28. The molecule has 154 valence electrons. The molecule has 2 N–H and O–H groups in total. The summed E-state index contributed by atoms with van der Waals surface area (Å²) >= 11 is 0. The first-order valence-electron chi connectivity index (χ1n) is 9.67. The lowest BCUT2D eigenvalue weighted by Crippen LogP contribution is -2.29. The number of ether oxygens (including phenoxy) is 1. The van der Waals surface area contributed by atoms with E-state index in [0.717, 1.165) is 16.9 Å². The standard InChI is InChI=1S/C22H23N5O3/c1-26-19-18(20(28)25-22(26)29)27(13-12-15-8-10-17(30-2)11-9-15)21(24-19)23-14-16-6-4-3-5-7-16/h3-11H,12-14H2,1-2H3,(H,23,24)(H,25,28,29). The first kappa shape index (κ1) is 19.5. The molecule has 2 aromatic heterocycles. The number of hydrogen-bond acceptors (Lipinski definition) is 5. The summed E-state index contributed by atoms with van der Waals surface area (Å²) in [6.45, 7) is 1.08. The number of aromatic amines is 1. The van der Waals surface area contributed by atoms with Crippen molar-refractivity contribution in [1.29, 1.82) is 0 Å². The van der Waals surface area contributed by atoms with Crippen LogP contribution in [-0.2, 0) is 26.6 Å². The maximum atomic E-state index is 12.6. The third-order valence-electron chi connectivity index (χ3n) is 5.08. The van der Waals surface area contributed by atoms with E-state index in [0.29, 0.717) is 36.6 Å². The lowest BCUT2D eigenvalue weighted by atomic mass is 10.1. The Balaban J connectivity index is 1.69. The zero-order valence-corrected chi connectivity index (χ0v) is 16.9. The number of rotatable bonds is 7. The number of nitrogens with zero attached hydrogens (tertiary/aromatic N) is 3. The SMILES string of the molecule is COc1ccc(CCn2c(NCc3ccccc3)nc3c2c(=O)[nH]c(=O)n3C)cc1. The van der Waals surface area contributed by atoms with E-state index in [9.17, 15) is 9.59 Å². The quantitative estimate of drug-likeness (QED) is 0.492. The Hall–Kier alpha value is -3.81. The smallest absolute Gasteiger partial charge is 0.329 e. The minimum Gasteiger partial charge on any atom is -0.497 e. The minimum atomic E-state index is -0.484. The minimum absolute atomic E-state index is 0.356. The Morgan fingerprint density at radius 1 is 1.03 bits per heavy atom. The van der Waals surface area contributed by atoms with E-state index < -0.39 is 11.2 Å². The van der Waals surface area contributed by atoms with Gasteiger partial charge >= 0.3 is 5.69 Å². The van der Waals surface area contributed by atoms with Gasteiger partial charge in [-0.15, -0.1) is 0 Å². The Bertz CT molecular complexity index is 1270. The van der Waals surface area contributed by atoms with Gasteiger partial charge in [0.2, 0.25) is 5.95 Å². The summed E-state index contributed by atoms with van der Waals surface area (Å²) in [4.78, 5) is 31.5. The van der Waals surface area contributed by atoms with Crippen LogP contribution >= 0.6 is 0 Å². The van der Waals surface area contributed by atoms with Crippen LogP contribution in [0.1, 0.15) is 11.1 Å². The molecule has 8 nitrogen and oxygen atoms in total. The van der Waals surface area contributed by atoms with Crippen molar-refractivity contribution in [2.75, 3.05) is 12.4 Å². The number of benzene rings is 2. The van der Waals surface area contributed by atoms with Crippen molar-refractivity contribution in [3.63, 3.8) is 0 Å². The van der Waals surface area contributed by atoms with Crippen LogP contribution in [0.25, 0.3) is 11.2 Å². The second-order valence-corrected chi connectivity index (χ2v) is 7.01. The van der Waals surface area contributed by atoms with Crippen LogP contribution in [0.15, 0.2) is 64.2 Å². The van der Waals surface area contributed by atoms with Crippen molar-refractivity contribution in [3.8, 4) is 5.75 Å². The predicted molar refractivity (Wildman–Crippen MR) is 116 cm³/mol. The van der Waals surface area contributed by atoms with Crippen molar-refractivity contribution in [2.45, 2.75) is 19.5 Å². The molecule has 0 spiro atoms. The summed E-state index contributed by atoms with van der Waals surface area (Å²) in [5.41, 5.74) is 2.00. The van der Waals surface area contributed by atoms with Gasteiger partial charge in [0.25, 0.3) is 5.56 Å². The van der Waals surface area contributed by atoms with E-state index in [1.165, 1.54) is 4.57 Å². The fourth-order valence-electron chi connectivity index (χ4n) is 3.40. The molecule has 0 aliphatic carbocycles. The molecule has 0 aliphatic heterocycles. The van der Waals surface area contributed by atoms with E-state index in [1.54, 1.807) is 14.2 Å². The van der Waals surface area contributed by atoms with Crippen molar-refractivity contribution in [2.24, 2.45) is 7.05 Å². The van der Waals surface area contributed by atoms with Gasteiger partial charge in [-0.1, -0.05) is 42.5 Å². The Labute approximate surface area is 172 Å². The Kier molecular flexibility index (Phi) is 5.38. The second-order valence-electron chi connectivity index (χ2n) is 7.01. The first-order chi connectivity index (χ1) is 14.6. The molecule has 0 saturated heterocycles. The lowest BCUT2D eigenvalue weighted by Gasteiger charge is -2.11. The predicted octanol–water partition coefficient (Wildman–Crippen LogP) is 2.29. The van der Waals surface area contributed by atoms with Gasteiger partial charge in [-0.3, -0.25) is 14.3 Å². The highest BCUT2D eigenvalue weighted by molar-refractivity contribution is 5.74. The number of methoxy groups -OCH3 is 1. The molecule has 8 heteroatoms. The number of imidazole rings is 1. The topological polar surface area (TPSA) is 93.9 Å². The van der Waals surface area contributed by atoms with E-state index in [2.05, 4.69) is 15.3 Å². The monoisotopic (exact) mass is 405 g/mol. The van der Waals surface area contributed by atoms with Gasteiger partial charge in [-0.25, -0.2) is 4.79 Å². The van der Waals surface area contributed by atoms with Crippen molar-refractivity contribution in [1.82, 2.24) is 19.1 Å². The van der Waals surface area contributed by atoms with Crippen LogP contribution < -0.4 is 21.3 Å². The fraction of sp³-hybridized carbons (Fsp3) is 0.227. The van der Waals surface area contributed by atoms with Gasteiger partial charge < -0.3 is 14.6 Å². The summed E-state index contributed by atoms with van der Waals surface area (Å²) in [5, 5.41) is 3.31. The molecule has 0 amide bonds. The van der Waals surface area contributed by atoms with Gasteiger partial charge in [-0.2, -0.15) is 4.98 Å². The summed E-state index contributed by atoms with van der Waals surface area (Å²) < 4.78 is 8.40. The number of nitrogens with one attached hydrogen (secondary N) is 2. The van der Waals surface area contributed by atoms with Crippen LogP contribution in [0.2, 0.25) is 0 Å². The molecular weight excluding hydrogens is 382 g/mol. The van der Waals surface area contributed by atoms with Crippen LogP contribution in [0, 0.1) is 0 Å². The van der Waals surface area contributed by atoms with Gasteiger partial charge in [0, 0.05) is 20.1 Å². The molecule has 0 bridgehead atoms. The lowest BCUT2D eigenvalue weighted by molar-refractivity contribution is 0.414. The highest BCUT2D eigenvalue weighted by Crippen LogP contribution is 2.18. The van der Waals surface area contributed by atoms with Crippen molar-refractivity contribution >= 4 is 17.1 Å². The molecule has 0 unspecified atom stereocenters. The molecule has 2 aromatic carbocycles. The van der Waals surface area contributed by atoms with E-state index in [4.69, 9.17) is 4.74 Å². The summed E-state index contributed by atoms with van der Waals surface area (Å²) in [6, 6.07) is 17.7. The van der Waals surface area contributed by atoms with Crippen LogP contribution in [-0.4, -0.2) is 26.2 Å². The number of hydrogen-bond donors (Lipinski definition) is 2. The number of aromatic nitrogens is 4. The largest absolute Gasteiger partial charge is 0.497 e. The normalized spacial score (nSPS) is 11.0. The zero-order chi connectivity index (χ0) is 21.1. The zero-order valence-electron chi connectivity index (χ0n) is 16.9. The molecule has 0 saturated carbocycles. The molecule has 30 heavy (non-hydrogen) atoms. The summed E-state index contributed by atoms with van der Waals surface area (Å²) in [6.07, 6.45) is 0.692. The Morgan fingerprint density at radius 2 is 1.77 bits per heavy atom. The van der Waals surface area contributed by atoms with E-state index in [1.807, 2.05) is 59.2 Å². The van der Waals surface area contributed by atoms with Gasteiger partial charge in [0.15, 0.2) is 11.2 Å². The third-order valence-corrected chi connectivity index (χ3v) is 5.08. The van der Waals surface area contributed by atoms with Crippen molar-refractivity contribution in [3.05, 3.63) is 86.6 Å². The van der Waals surface area contributed by atoms with Gasteiger partial charge in [0.1, 0.15) is 5.75 Å². The number of H-pyrrole nitrogens is 1. The highest BCUT2D eigenvalue weighted by atomic mass is 16.5. The molecule has 0 atom stereocenters. The highest BCUT2D eigenvalue weighted by Gasteiger charge is 2.17. The molecule has 2 heterocycles. The first-order valence-corrected chi connectivity index (χ1v) is 9.67.